The largest absolute Gasteiger partial charge is 0.359 e. The Kier molecular flexibility index (Phi) is 9.92. The lowest BCUT2D eigenvalue weighted by molar-refractivity contribution is 0.0982. The summed E-state index contributed by atoms with van der Waals surface area (Å²) in [6.07, 6.45) is 3.97. The average Bonchev–Trinajstić information content (AvgIpc) is 3.07. The zero-order valence-corrected chi connectivity index (χ0v) is 19.3. The van der Waals surface area contributed by atoms with Crippen LogP contribution in [0.3, 0.4) is 0 Å². The lowest BCUT2D eigenvalue weighted by atomic mass is 9.98. The Balaban J connectivity index is 0.00000338. The van der Waals surface area contributed by atoms with Gasteiger partial charge in [0.1, 0.15) is 6.54 Å². The highest BCUT2D eigenvalue weighted by molar-refractivity contribution is 14.0. The number of nitrogens with zero attached hydrogens (tertiary/aromatic N) is 3. The Bertz CT molecular complexity index is 550. The van der Waals surface area contributed by atoms with Gasteiger partial charge in [-0.15, -0.1) is 24.0 Å². The first kappa shape index (κ1) is 23.2. The Morgan fingerprint density at radius 3 is 2.54 bits per heavy atom. The number of guanidine groups is 1. The Morgan fingerprint density at radius 2 is 1.96 bits per heavy atom. The van der Waals surface area contributed by atoms with Crippen LogP contribution in [-0.4, -0.2) is 47.7 Å². The number of hydrogen-bond donors (Lipinski definition) is 2. The molecule has 150 valence electrons. The zero-order chi connectivity index (χ0) is 18.3. The van der Waals surface area contributed by atoms with Crippen LogP contribution in [0.1, 0.15) is 71.3 Å². The first-order chi connectivity index (χ1) is 11.9. The molecular weight excluding hydrogens is 441 g/mol. The second-order valence-corrected chi connectivity index (χ2v) is 7.78. The summed E-state index contributed by atoms with van der Waals surface area (Å²) in [4.78, 5) is 7.23. The van der Waals surface area contributed by atoms with Crippen LogP contribution in [0.15, 0.2) is 15.6 Å². The standard InChI is InChI=1S/C19H35N5O.HI/c1-6-20-18(21-13-16-12-17(15(2)3)23-25-16)22-14-19(4,5)24-10-8-7-9-11-24;/h12,15H,6-11,13-14H2,1-5H3,(H2,20,21,22);1H. The number of halogens is 1. The van der Waals surface area contributed by atoms with Gasteiger partial charge in [-0.3, -0.25) is 4.90 Å². The van der Waals surface area contributed by atoms with Gasteiger partial charge >= 0.3 is 0 Å². The van der Waals surface area contributed by atoms with E-state index in [0.717, 1.165) is 30.5 Å². The molecule has 1 fully saturated rings. The van der Waals surface area contributed by atoms with Gasteiger partial charge in [0.05, 0.1) is 5.69 Å². The molecule has 2 heterocycles. The Morgan fingerprint density at radius 1 is 1.27 bits per heavy atom. The van der Waals surface area contributed by atoms with Gasteiger partial charge in [0.2, 0.25) is 0 Å². The number of hydrogen-bond acceptors (Lipinski definition) is 4. The summed E-state index contributed by atoms with van der Waals surface area (Å²) >= 11 is 0. The van der Waals surface area contributed by atoms with E-state index in [1.807, 2.05) is 6.07 Å². The second kappa shape index (κ2) is 11.1. The van der Waals surface area contributed by atoms with Gasteiger partial charge in [-0.25, -0.2) is 4.99 Å². The molecule has 7 heteroatoms. The normalized spacial score (nSPS) is 16.5. The molecule has 0 amide bonds. The van der Waals surface area contributed by atoms with E-state index in [9.17, 15) is 0 Å². The van der Waals surface area contributed by atoms with E-state index in [0.29, 0.717) is 12.5 Å². The van der Waals surface area contributed by atoms with Crippen LogP contribution in [0.2, 0.25) is 0 Å². The summed E-state index contributed by atoms with van der Waals surface area (Å²) in [5.74, 6) is 2.00. The molecule has 1 aliphatic rings. The van der Waals surface area contributed by atoms with Crippen LogP contribution in [0, 0.1) is 0 Å². The number of nitrogens with one attached hydrogen (secondary N) is 2. The topological polar surface area (TPSA) is 65.7 Å². The molecular formula is C19H36IN5O. The van der Waals surface area contributed by atoms with E-state index in [1.165, 1.54) is 32.4 Å². The number of likely N-dealkylation sites (tertiary alicyclic amines) is 1. The number of piperidine rings is 1. The predicted molar refractivity (Wildman–Crippen MR) is 118 cm³/mol. The van der Waals surface area contributed by atoms with Gasteiger partial charge < -0.3 is 15.2 Å². The van der Waals surface area contributed by atoms with Crippen molar-refractivity contribution < 1.29 is 4.52 Å². The van der Waals surface area contributed by atoms with Crippen LogP contribution in [0.5, 0.6) is 0 Å². The third-order valence-electron chi connectivity index (χ3n) is 4.81. The summed E-state index contributed by atoms with van der Waals surface area (Å²) in [6.45, 7) is 15.5. The second-order valence-electron chi connectivity index (χ2n) is 7.78. The van der Waals surface area contributed by atoms with Gasteiger partial charge in [-0.05, 0) is 52.6 Å². The Hall–Kier alpha value is -0.830. The molecule has 0 aliphatic carbocycles. The number of aromatic nitrogens is 1. The molecule has 1 saturated heterocycles. The first-order valence-electron chi connectivity index (χ1n) is 9.65. The lowest BCUT2D eigenvalue weighted by Gasteiger charge is -2.41. The van der Waals surface area contributed by atoms with Crippen molar-refractivity contribution in [3.63, 3.8) is 0 Å². The SMILES string of the molecule is CCNC(=NCc1cc(C(C)C)no1)NCC(C)(C)N1CCCCC1.I. The molecule has 0 unspecified atom stereocenters. The highest BCUT2D eigenvalue weighted by Crippen LogP contribution is 2.19. The van der Waals surface area contributed by atoms with E-state index < -0.39 is 0 Å². The summed E-state index contributed by atoms with van der Waals surface area (Å²) in [6, 6.07) is 2.00. The van der Waals surface area contributed by atoms with Crippen LogP contribution in [0.25, 0.3) is 0 Å². The summed E-state index contributed by atoms with van der Waals surface area (Å²) < 4.78 is 5.37. The maximum atomic E-state index is 5.37. The maximum Gasteiger partial charge on any atom is 0.191 e. The molecule has 0 spiro atoms. The van der Waals surface area contributed by atoms with Gasteiger partial charge in [0.15, 0.2) is 11.7 Å². The number of rotatable bonds is 7. The van der Waals surface area contributed by atoms with Crippen molar-refractivity contribution in [3.05, 3.63) is 17.5 Å². The molecule has 0 atom stereocenters. The third-order valence-corrected chi connectivity index (χ3v) is 4.81. The highest BCUT2D eigenvalue weighted by atomic mass is 127. The highest BCUT2D eigenvalue weighted by Gasteiger charge is 2.27. The minimum atomic E-state index is 0. The molecule has 1 aromatic heterocycles. The quantitative estimate of drug-likeness (QED) is 0.356. The fraction of sp³-hybridized carbons (Fsp3) is 0.789. The van der Waals surface area contributed by atoms with Crippen molar-refractivity contribution in [2.75, 3.05) is 26.2 Å². The molecule has 0 bridgehead atoms. The molecule has 1 aliphatic heterocycles. The van der Waals surface area contributed by atoms with Crippen LogP contribution in [-0.2, 0) is 6.54 Å². The molecule has 0 saturated carbocycles. The predicted octanol–water partition coefficient (Wildman–Crippen LogP) is 3.74. The molecule has 2 rings (SSSR count). The Labute approximate surface area is 175 Å². The average molecular weight is 477 g/mol. The molecule has 0 aromatic carbocycles. The molecule has 0 radical (unpaired) electrons. The molecule has 6 nitrogen and oxygen atoms in total. The molecule has 2 N–H and O–H groups in total. The van der Waals surface area contributed by atoms with E-state index in [1.54, 1.807) is 0 Å². The molecule has 26 heavy (non-hydrogen) atoms. The van der Waals surface area contributed by atoms with E-state index in [2.05, 4.69) is 60.3 Å². The van der Waals surface area contributed by atoms with Crippen LogP contribution < -0.4 is 10.6 Å². The summed E-state index contributed by atoms with van der Waals surface area (Å²) in [7, 11) is 0. The number of aliphatic imine (C=N–C) groups is 1. The van der Waals surface area contributed by atoms with Crippen molar-refractivity contribution in [1.29, 1.82) is 0 Å². The monoisotopic (exact) mass is 477 g/mol. The van der Waals surface area contributed by atoms with Crippen molar-refractivity contribution >= 4 is 29.9 Å². The lowest BCUT2D eigenvalue weighted by Crippen LogP contribution is -2.54. The van der Waals surface area contributed by atoms with Gasteiger partial charge in [-0.1, -0.05) is 25.4 Å². The summed E-state index contributed by atoms with van der Waals surface area (Å²) in [5, 5.41) is 10.9. The van der Waals surface area contributed by atoms with E-state index in [-0.39, 0.29) is 29.5 Å². The van der Waals surface area contributed by atoms with Crippen molar-refractivity contribution in [2.24, 2.45) is 4.99 Å². The van der Waals surface area contributed by atoms with Gasteiger partial charge in [0, 0.05) is 24.7 Å². The molecule has 1 aromatic rings. The van der Waals surface area contributed by atoms with Crippen molar-refractivity contribution in [3.8, 4) is 0 Å². The zero-order valence-electron chi connectivity index (χ0n) is 17.0. The van der Waals surface area contributed by atoms with Crippen molar-refractivity contribution in [1.82, 2.24) is 20.7 Å². The fourth-order valence-electron chi connectivity index (χ4n) is 3.09. The smallest absolute Gasteiger partial charge is 0.191 e. The summed E-state index contributed by atoms with van der Waals surface area (Å²) in [5.41, 5.74) is 1.10. The van der Waals surface area contributed by atoms with Gasteiger partial charge in [-0.2, -0.15) is 0 Å². The minimum Gasteiger partial charge on any atom is -0.359 e. The van der Waals surface area contributed by atoms with E-state index >= 15 is 0 Å². The first-order valence-corrected chi connectivity index (χ1v) is 9.65. The minimum absolute atomic E-state index is 0. The maximum absolute atomic E-state index is 5.37. The van der Waals surface area contributed by atoms with Crippen LogP contribution >= 0.6 is 24.0 Å². The fourth-order valence-corrected chi connectivity index (χ4v) is 3.09. The van der Waals surface area contributed by atoms with Crippen molar-refractivity contribution in [2.45, 2.75) is 71.9 Å². The van der Waals surface area contributed by atoms with Crippen LogP contribution in [0.4, 0.5) is 0 Å². The third kappa shape index (κ3) is 7.06. The van der Waals surface area contributed by atoms with E-state index in [4.69, 9.17) is 4.52 Å². The van der Waals surface area contributed by atoms with Gasteiger partial charge in [0.25, 0.3) is 0 Å².